The first-order chi connectivity index (χ1) is 7.79. The summed E-state index contributed by atoms with van der Waals surface area (Å²) in [4.78, 5) is 23.0. The largest absolute Gasteiger partial charge is 0.467 e. The Morgan fingerprint density at radius 1 is 1.41 bits per heavy atom. The number of ketones is 1. The number of amides is 1. The lowest BCUT2D eigenvalue weighted by Gasteiger charge is -2.21. The van der Waals surface area contributed by atoms with Crippen molar-refractivity contribution < 1.29 is 18.7 Å². The van der Waals surface area contributed by atoms with E-state index >= 15 is 0 Å². The summed E-state index contributed by atoms with van der Waals surface area (Å²) in [5.74, 6) is 0.175. The number of hydrogen-bond acceptors (Lipinski definition) is 4. The van der Waals surface area contributed by atoms with Crippen molar-refractivity contribution in [2.75, 3.05) is 0 Å². The summed E-state index contributed by atoms with van der Waals surface area (Å²) in [5.41, 5.74) is -0.603. The summed E-state index contributed by atoms with van der Waals surface area (Å²) in [5, 5.41) is 2.47. The second kappa shape index (κ2) is 5.03. The molecule has 0 aromatic carbocycles. The number of carbonyl (C=O) groups is 2. The van der Waals surface area contributed by atoms with Crippen molar-refractivity contribution in [3.05, 3.63) is 24.2 Å². The topological polar surface area (TPSA) is 68.5 Å². The van der Waals surface area contributed by atoms with E-state index in [9.17, 15) is 9.59 Å². The molecule has 0 aliphatic rings. The van der Waals surface area contributed by atoms with E-state index in [0.717, 1.165) is 0 Å². The standard InChI is InChI=1S/C12H17NO4/c1-8(14)10(9-6-5-7-16-9)13-11(15)17-12(2,3)4/h5-7,10H,1-4H3,(H,13,15). The molecule has 17 heavy (non-hydrogen) atoms. The van der Waals surface area contributed by atoms with E-state index in [4.69, 9.17) is 9.15 Å². The van der Waals surface area contributed by atoms with Crippen molar-refractivity contribution in [3.63, 3.8) is 0 Å². The van der Waals surface area contributed by atoms with Gasteiger partial charge in [-0.25, -0.2) is 4.79 Å². The molecule has 0 saturated heterocycles. The number of ether oxygens (including phenoxy) is 1. The molecule has 1 aromatic heterocycles. The lowest BCUT2D eigenvalue weighted by molar-refractivity contribution is -0.119. The van der Waals surface area contributed by atoms with E-state index in [-0.39, 0.29) is 5.78 Å². The normalized spacial score (nSPS) is 12.9. The SMILES string of the molecule is CC(=O)C(NC(=O)OC(C)(C)C)c1ccco1. The highest BCUT2D eigenvalue weighted by atomic mass is 16.6. The molecular formula is C12H17NO4. The molecule has 0 saturated carbocycles. The molecule has 1 unspecified atom stereocenters. The first-order valence-electron chi connectivity index (χ1n) is 5.33. The van der Waals surface area contributed by atoms with Gasteiger partial charge in [0.1, 0.15) is 17.4 Å². The molecule has 0 aliphatic carbocycles. The summed E-state index contributed by atoms with van der Waals surface area (Å²) in [6.45, 7) is 6.64. The van der Waals surface area contributed by atoms with Crippen LogP contribution in [0, 0.1) is 0 Å². The summed E-state index contributed by atoms with van der Waals surface area (Å²) >= 11 is 0. The maximum Gasteiger partial charge on any atom is 0.408 e. The van der Waals surface area contributed by atoms with E-state index in [2.05, 4.69) is 5.32 Å². The van der Waals surface area contributed by atoms with E-state index in [1.54, 1.807) is 32.9 Å². The van der Waals surface area contributed by atoms with E-state index in [1.165, 1.54) is 13.2 Å². The average Bonchev–Trinajstić information content (AvgIpc) is 2.63. The quantitative estimate of drug-likeness (QED) is 0.879. The second-order valence-corrected chi connectivity index (χ2v) is 4.71. The van der Waals surface area contributed by atoms with Gasteiger partial charge in [0.05, 0.1) is 6.26 Å². The van der Waals surface area contributed by atoms with Crippen LogP contribution in [0.1, 0.15) is 39.5 Å². The third kappa shape index (κ3) is 4.30. The van der Waals surface area contributed by atoms with Gasteiger partial charge in [0, 0.05) is 0 Å². The number of nitrogens with one attached hydrogen (secondary N) is 1. The van der Waals surface area contributed by atoms with Crippen LogP contribution in [0.2, 0.25) is 0 Å². The molecule has 1 atom stereocenters. The van der Waals surface area contributed by atoms with Crippen molar-refractivity contribution in [1.82, 2.24) is 5.32 Å². The predicted octanol–water partition coefficient (Wildman–Crippen LogP) is 2.43. The van der Waals surface area contributed by atoms with Crippen LogP contribution in [0.3, 0.4) is 0 Å². The molecule has 0 aliphatic heterocycles. The molecule has 1 rings (SSSR count). The smallest absolute Gasteiger partial charge is 0.408 e. The predicted molar refractivity (Wildman–Crippen MR) is 61.5 cm³/mol. The Labute approximate surface area is 100 Å². The van der Waals surface area contributed by atoms with Gasteiger partial charge in [-0.2, -0.15) is 0 Å². The molecule has 1 N–H and O–H groups in total. The van der Waals surface area contributed by atoms with Gasteiger partial charge >= 0.3 is 6.09 Å². The van der Waals surface area contributed by atoms with Crippen LogP contribution in [0.25, 0.3) is 0 Å². The van der Waals surface area contributed by atoms with Crippen LogP contribution >= 0.6 is 0 Å². The number of Topliss-reactive ketones (excluding diaryl/α,β-unsaturated/α-hetero) is 1. The lowest BCUT2D eigenvalue weighted by atomic mass is 10.1. The minimum absolute atomic E-state index is 0.217. The minimum Gasteiger partial charge on any atom is -0.467 e. The Kier molecular flexibility index (Phi) is 3.93. The second-order valence-electron chi connectivity index (χ2n) is 4.71. The van der Waals surface area contributed by atoms with Gasteiger partial charge < -0.3 is 14.5 Å². The third-order valence-corrected chi connectivity index (χ3v) is 1.90. The molecule has 1 amide bonds. The molecule has 1 heterocycles. The lowest BCUT2D eigenvalue weighted by Crippen LogP contribution is -2.37. The fourth-order valence-electron chi connectivity index (χ4n) is 1.25. The highest BCUT2D eigenvalue weighted by Gasteiger charge is 2.24. The van der Waals surface area contributed by atoms with Gasteiger partial charge in [0.25, 0.3) is 0 Å². The zero-order chi connectivity index (χ0) is 13.1. The Bertz CT molecular complexity index is 389. The highest BCUT2D eigenvalue weighted by Crippen LogP contribution is 2.15. The summed E-state index contributed by atoms with van der Waals surface area (Å²) in [6.07, 6.45) is 0.802. The molecule has 1 aromatic rings. The van der Waals surface area contributed by atoms with Gasteiger partial charge in [0.15, 0.2) is 5.78 Å². The molecule has 5 heteroatoms. The van der Waals surface area contributed by atoms with Crippen LogP contribution in [-0.4, -0.2) is 17.5 Å². The van der Waals surface area contributed by atoms with Gasteiger partial charge in [-0.05, 0) is 39.8 Å². The molecule has 0 radical (unpaired) electrons. The van der Waals surface area contributed by atoms with Gasteiger partial charge in [-0.3, -0.25) is 4.79 Å². The zero-order valence-corrected chi connectivity index (χ0v) is 10.4. The van der Waals surface area contributed by atoms with Crippen LogP contribution < -0.4 is 5.32 Å². The van der Waals surface area contributed by atoms with Crippen molar-refractivity contribution >= 4 is 11.9 Å². The number of alkyl carbamates (subject to hydrolysis) is 1. The highest BCUT2D eigenvalue weighted by molar-refractivity contribution is 5.86. The van der Waals surface area contributed by atoms with Crippen LogP contribution in [-0.2, 0) is 9.53 Å². The third-order valence-electron chi connectivity index (χ3n) is 1.90. The van der Waals surface area contributed by atoms with Gasteiger partial charge in [0.2, 0.25) is 0 Å². The van der Waals surface area contributed by atoms with E-state index in [0.29, 0.717) is 5.76 Å². The molecular weight excluding hydrogens is 222 g/mol. The Balaban J connectivity index is 2.69. The van der Waals surface area contributed by atoms with Crippen LogP contribution in [0.4, 0.5) is 4.79 Å². The first kappa shape index (κ1) is 13.3. The summed E-state index contributed by atoms with van der Waals surface area (Å²) < 4.78 is 10.2. The van der Waals surface area contributed by atoms with Crippen LogP contribution in [0.5, 0.6) is 0 Å². The number of carbonyl (C=O) groups excluding carboxylic acids is 2. The summed E-state index contributed by atoms with van der Waals surface area (Å²) in [6, 6.07) is 2.48. The fraction of sp³-hybridized carbons (Fsp3) is 0.500. The molecule has 5 nitrogen and oxygen atoms in total. The van der Waals surface area contributed by atoms with Crippen molar-refractivity contribution in [3.8, 4) is 0 Å². The Hall–Kier alpha value is -1.78. The number of furan rings is 1. The maximum atomic E-state index is 11.5. The van der Waals surface area contributed by atoms with Crippen LogP contribution in [0.15, 0.2) is 22.8 Å². The monoisotopic (exact) mass is 239 g/mol. The molecule has 94 valence electrons. The van der Waals surface area contributed by atoms with E-state index in [1.807, 2.05) is 0 Å². The number of hydrogen-bond donors (Lipinski definition) is 1. The van der Waals surface area contributed by atoms with E-state index < -0.39 is 17.7 Å². The molecule has 0 fully saturated rings. The zero-order valence-electron chi connectivity index (χ0n) is 10.4. The molecule has 0 bridgehead atoms. The Morgan fingerprint density at radius 2 is 2.06 bits per heavy atom. The average molecular weight is 239 g/mol. The minimum atomic E-state index is -0.806. The first-order valence-corrected chi connectivity index (χ1v) is 5.33. The molecule has 0 spiro atoms. The van der Waals surface area contributed by atoms with Crippen molar-refractivity contribution in [2.24, 2.45) is 0 Å². The van der Waals surface area contributed by atoms with Gasteiger partial charge in [-0.15, -0.1) is 0 Å². The summed E-state index contributed by atoms with van der Waals surface area (Å²) in [7, 11) is 0. The fourth-order valence-corrected chi connectivity index (χ4v) is 1.25. The van der Waals surface area contributed by atoms with Crippen molar-refractivity contribution in [1.29, 1.82) is 0 Å². The maximum absolute atomic E-state index is 11.5. The number of rotatable bonds is 3. The van der Waals surface area contributed by atoms with Crippen molar-refractivity contribution in [2.45, 2.75) is 39.3 Å². The Morgan fingerprint density at radius 3 is 2.47 bits per heavy atom. The van der Waals surface area contributed by atoms with Gasteiger partial charge in [-0.1, -0.05) is 0 Å².